The molecular weight excluding hydrogens is 300 g/mol. The summed E-state index contributed by atoms with van der Waals surface area (Å²) in [4.78, 5) is 11.4. The molecule has 3 rings (SSSR count). The van der Waals surface area contributed by atoms with Crippen molar-refractivity contribution in [3.05, 3.63) is 18.4 Å². The number of nitrogens with zero attached hydrogens (tertiary/aromatic N) is 3. The van der Waals surface area contributed by atoms with Crippen LogP contribution in [0.4, 0.5) is 0 Å². The van der Waals surface area contributed by atoms with E-state index in [9.17, 15) is 4.79 Å². The van der Waals surface area contributed by atoms with Crippen LogP contribution in [0.5, 0.6) is 0 Å². The molecule has 2 aromatic rings. The highest BCUT2D eigenvalue weighted by molar-refractivity contribution is 8.00. The first-order valence-corrected chi connectivity index (χ1v) is 8.49. The highest BCUT2D eigenvalue weighted by Crippen LogP contribution is 2.36. The third kappa shape index (κ3) is 3.04. The lowest BCUT2D eigenvalue weighted by atomic mass is 9.95. The van der Waals surface area contributed by atoms with Crippen LogP contribution in [0.15, 0.2) is 28.0 Å². The molecule has 2 heterocycles. The minimum Gasteiger partial charge on any atom is -0.461 e. The van der Waals surface area contributed by atoms with Gasteiger partial charge in [-0.05, 0) is 31.9 Å². The Morgan fingerprint density at radius 1 is 1.41 bits per heavy atom. The minimum atomic E-state index is -0.345. The molecule has 0 aromatic carbocycles. The van der Waals surface area contributed by atoms with Gasteiger partial charge in [0.1, 0.15) is 0 Å². The second-order valence-corrected chi connectivity index (χ2v) is 6.92. The molecule has 0 saturated heterocycles. The fraction of sp³-hybridized carbons (Fsp3) is 0.533. The first-order valence-electron chi connectivity index (χ1n) is 7.61. The van der Waals surface area contributed by atoms with Crippen molar-refractivity contribution < 1.29 is 9.21 Å². The maximum Gasteiger partial charge on any atom is 0.230 e. The van der Waals surface area contributed by atoms with Gasteiger partial charge in [0.25, 0.3) is 0 Å². The molecule has 0 bridgehead atoms. The largest absolute Gasteiger partial charge is 0.461 e. The highest BCUT2D eigenvalue weighted by Gasteiger charge is 2.26. The Bertz CT molecular complexity index is 632. The Morgan fingerprint density at radius 2 is 2.18 bits per heavy atom. The number of hydrogen-bond donors (Lipinski definition) is 1. The topological polar surface area (TPSA) is 86.9 Å². The normalized spacial score (nSPS) is 17.5. The minimum absolute atomic E-state index is 0.337. The number of carbonyl (C=O) groups is 1. The molecule has 1 aliphatic carbocycles. The van der Waals surface area contributed by atoms with Gasteiger partial charge >= 0.3 is 0 Å². The van der Waals surface area contributed by atoms with Crippen LogP contribution in [-0.4, -0.2) is 25.9 Å². The summed E-state index contributed by atoms with van der Waals surface area (Å²) in [5.41, 5.74) is 5.38. The van der Waals surface area contributed by atoms with E-state index in [0.29, 0.717) is 11.8 Å². The standard InChI is InChI=1S/C15H20N4O2S/c1-10(13(16)20)22-15-18-17-14(12-8-5-9-21-12)19(15)11-6-3-2-4-7-11/h5,8-11H,2-4,6-7H2,1H3,(H2,16,20). The summed E-state index contributed by atoms with van der Waals surface area (Å²) in [6.07, 6.45) is 7.52. The fourth-order valence-electron chi connectivity index (χ4n) is 2.82. The average Bonchev–Trinajstić information content (AvgIpc) is 3.16. The van der Waals surface area contributed by atoms with Crippen LogP contribution in [0.3, 0.4) is 0 Å². The van der Waals surface area contributed by atoms with Crippen LogP contribution in [0.25, 0.3) is 11.6 Å². The van der Waals surface area contributed by atoms with Crippen LogP contribution in [-0.2, 0) is 4.79 Å². The molecule has 2 aromatic heterocycles. The van der Waals surface area contributed by atoms with Gasteiger partial charge < -0.3 is 10.2 Å². The van der Waals surface area contributed by atoms with E-state index in [1.807, 2.05) is 12.1 Å². The number of furan rings is 1. The fourth-order valence-corrected chi connectivity index (χ4v) is 3.69. The van der Waals surface area contributed by atoms with Gasteiger partial charge in [-0.2, -0.15) is 0 Å². The lowest BCUT2D eigenvalue weighted by Crippen LogP contribution is -2.23. The first kappa shape index (κ1) is 15.1. The number of rotatable bonds is 5. The van der Waals surface area contributed by atoms with E-state index in [4.69, 9.17) is 10.2 Å². The van der Waals surface area contributed by atoms with Gasteiger partial charge in [0.05, 0.1) is 11.5 Å². The molecule has 1 amide bonds. The summed E-state index contributed by atoms with van der Waals surface area (Å²) in [6.45, 7) is 1.79. The number of primary amides is 1. The van der Waals surface area contributed by atoms with Gasteiger partial charge in [0.15, 0.2) is 10.9 Å². The molecule has 0 spiro atoms. The molecule has 1 saturated carbocycles. The third-order valence-electron chi connectivity index (χ3n) is 4.03. The zero-order valence-corrected chi connectivity index (χ0v) is 13.4. The predicted octanol–water partition coefficient (Wildman–Crippen LogP) is 3.01. The Labute approximate surface area is 133 Å². The molecule has 2 N–H and O–H groups in total. The van der Waals surface area contributed by atoms with Crippen molar-refractivity contribution in [2.45, 2.75) is 55.5 Å². The summed E-state index contributed by atoms with van der Waals surface area (Å²) in [6, 6.07) is 4.08. The van der Waals surface area contributed by atoms with Crippen molar-refractivity contribution in [2.24, 2.45) is 5.73 Å². The maximum absolute atomic E-state index is 11.4. The number of carbonyl (C=O) groups excluding carboxylic acids is 1. The second-order valence-electron chi connectivity index (χ2n) is 5.61. The van der Waals surface area contributed by atoms with Gasteiger partial charge in [-0.15, -0.1) is 10.2 Å². The Morgan fingerprint density at radius 3 is 2.82 bits per heavy atom. The lowest BCUT2D eigenvalue weighted by molar-refractivity contribution is -0.117. The monoisotopic (exact) mass is 320 g/mol. The summed E-state index contributed by atoms with van der Waals surface area (Å²) < 4.78 is 7.62. The van der Waals surface area contributed by atoms with Crippen molar-refractivity contribution in [1.29, 1.82) is 0 Å². The summed E-state index contributed by atoms with van der Waals surface area (Å²) >= 11 is 1.36. The van der Waals surface area contributed by atoms with Gasteiger partial charge in [-0.25, -0.2) is 0 Å². The van der Waals surface area contributed by atoms with Crippen molar-refractivity contribution >= 4 is 17.7 Å². The number of aromatic nitrogens is 3. The third-order valence-corrected chi connectivity index (χ3v) is 5.10. The molecular formula is C15H20N4O2S. The van der Waals surface area contributed by atoms with Gasteiger partial charge in [0.2, 0.25) is 11.7 Å². The van der Waals surface area contributed by atoms with Gasteiger partial charge in [0, 0.05) is 6.04 Å². The van der Waals surface area contributed by atoms with Crippen LogP contribution in [0, 0.1) is 0 Å². The molecule has 0 aliphatic heterocycles. The number of amides is 1. The van der Waals surface area contributed by atoms with Crippen LogP contribution < -0.4 is 5.73 Å². The number of thioether (sulfide) groups is 1. The van der Waals surface area contributed by atoms with Crippen LogP contribution in [0.2, 0.25) is 0 Å². The van der Waals surface area contributed by atoms with E-state index in [-0.39, 0.29) is 11.2 Å². The first-order chi connectivity index (χ1) is 10.7. The van der Waals surface area contributed by atoms with Crippen molar-refractivity contribution in [3.8, 4) is 11.6 Å². The smallest absolute Gasteiger partial charge is 0.230 e. The Balaban J connectivity index is 1.97. The zero-order chi connectivity index (χ0) is 15.5. The lowest BCUT2D eigenvalue weighted by Gasteiger charge is -2.25. The molecule has 7 heteroatoms. The average molecular weight is 320 g/mol. The molecule has 1 fully saturated rings. The quantitative estimate of drug-likeness (QED) is 0.856. The summed E-state index contributed by atoms with van der Waals surface area (Å²) in [5, 5.41) is 8.97. The highest BCUT2D eigenvalue weighted by atomic mass is 32.2. The van der Waals surface area contributed by atoms with E-state index < -0.39 is 0 Å². The summed E-state index contributed by atoms with van der Waals surface area (Å²) in [5.74, 6) is 1.09. The SMILES string of the molecule is CC(Sc1nnc(-c2ccco2)n1C1CCCCC1)C(N)=O. The van der Waals surface area contributed by atoms with Crippen molar-refractivity contribution in [1.82, 2.24) is 14.8 Å². The molecule has 118 valence electrons. The van der Waals surface area contributed by atoms with Crippen molar-refractivity contribution in [3.63, 3.8) is 0 Å². The van der Waals surface area contributed by atoms with Crippen LogP contribution in [0.1, 0.15) is 45.1 Å². The van der Waals surface area contributed by atoms with Crippen LogP contribution >= 0.6 is 11.8 Å². The van der Waals surface area contributed by atoms with E-state index in [1.54, 1.807) is 13.2 Å². The molecule has 0 radical (unpaired) electrons. The maximum atomic E-state index is 11.4. The predicted molar refractivity (Wildman–Crippen MR) is 84.4 cm³/mol. The van der Waals surface area contributed by atoms with Gasteiger partial charge in [-0.3, -0.25) is 9.36 Å². The molecule has 22 heavy (non-hydrogen) atoms. The Kier molecular flexibility index (Phi) is 4.52. The van der Waals surface area contributed by atoms with Crippen molar-refractivity contribution in [2.75, 3.05) is 0 Å². The van der Waals surface area contributed by atoms with Gasteiger partial charge in [-0.1, -0.05) is 31.0 Å². The summed E-state index contributed by atoms with van der Waals surface area (Å²) in [7, 11) is 0. The van der Waals surface area contributed by atoms with E-state index in [1.165, 1.54) is 31.0 Å². The molecule has 1 aliphatic rings. The second kappa shape index (κ2) is 6.56. The van der Waals surface area contributed by atoms with E-state index in [2.05, 4.69) is 14.8 Å². The van der Waals surface area contributed by atoms with E-state index >= 15 is 0 Å². The Hall–Kier alpha value is -1.76. The zero-order valence-electron chi connectivity index (χ0n) is 12.6. The number of nitrogens with two attached hydrogens (primary N) is 1. The molecule has 6 nitrogen and oxygen atoms in total. The number of hydrogen-bond acceptors (Lipinski definition) is 5. The molecule has 1 unspecified atom stereocenters. The molecule has 1 atom stereocenters. The van der Waals surface area contributed by atoms with E-state index in [0.717, 1.165) is 23.8 Å².